The van der Waals surface area contributed by atoms with Crippen LogP contribution in [-0.4, -0.2) is 31.1 Å². The summed E-state index contributed by atoms with van der Waals surface area (Å²) in [6, 6.07) is 0. The van der Waals surface area contributed by atoms with Crippen LogP contribution in [0.5, 0.6) is 0 Å². The van der Waals surface area contributed by atoms with Crippen molar-refractivity contribution in [1.82, 2.24) is 4.90 Å². The SMILES string of the molecule is [K+].[O-]CC1(CN2CCCC2)CC1. The number of hydrogen-bond donors (Lipinski definition) is 0. The molecule has 1 aliphatic heterocycles. The molecule has 0 aromatic carbocycles. The van der Waals surface area contributed by atoms with Gasteiger partial charge in [0.05, 0.1) is 0 Å². The van der Waals surface area contributed by atoms with Gasteiger partial charge in [0, 0.05) is 6.54 Å². The van der Waals surface area contributed by atoms with Crippen LogP contribution >= 0.6 is 0 Å². The zero-order valence-electron chi connectivity index (χ0n) is 8.01. The Labute approximate surface area is 117 Å². The third kappa shape index (κ3) is 2.77. The number of nitrogens with zero attached hydrogens (tertiary/aromatic N) is 1. The van der Waals surface area contributed by atoms with Crippen LogP contribution in [0.3, 0.4) is 0 Å². The molecule has 0 aromatic heterocycles. The molecule has 0 atom stereocenters. The molecule has 0 amide bonds. The first-order valence-corrected chi connectivity index (χ1v) is 4.65. The molecule has 2 fully saturated rings. The van der Waals surface area contributed by atoms with E-state index in [9.17, 15) is 5.11 Å². The standard InChI is InChI=1S/C9H16NO.K/c11-8-9(3-4-9)7-10-5-1-2-6-10;/h1-8H2;/q-1;+1. The van der Waals surface area contributed by atoms with E-state index in [-0.39, 0.29) is 63.4 Å². The van der Waals surface area contributed by atoms with Gasteiger partial charge in [-0.3, -0.25) is 0 Å². The van der Waals surface area contributed by atoms with E-state index in [2.05, 4.69) is 4.90 Å². The summed E-state index contributed by atoms with van der Waals surface area (Å²) >= 11 is 0. The van der Waals surface area contributed by atoms with Crippen LogP contribution in [0.15, 0.2) is 0 Å². The largest absolute Gasteiger partial charge is 1.00 e. The Balaban J connectivity index is 0.000000720. The Morgan fingerprint density at radius 1 is 1.17 bits per heavy atom. The normalized spacial score (nSPS) is 26.8. The van der Waals surface area contributed by atoms with Gasteiger partial charge in [0.1, 0.15) is 0 Å². The van der Waals surface area contributed by atoms with Gasteiger partial charge < -0.3 is 10.0 Å². The van der Waals surface area contributed by atoms with Crippen molar-refractivity contribution in [3.63, 3.8) is 0 Å². The minimum absolute atomic E-state index is 0. The van der Waals surface area contributed by atoms with Crippen LogP contribution in [0.1, 0.15) is 25.7 Å². The molecule has 12 heavy (non-hydrogen) atoms. The summed E-state index contributed by atoms with van der Waals surface area (Å²) in [5.41, 5.74) is 0.227. The summed E-state index contributed by atoms with van der Waals surface area (Å²) in [7, 11) is 0. The van der Waals surface area contributed by atoms with Crippen LogP contribution in [0.4, 0.5) is 0 Å². The summed E-state index contributed by atoms with van der Waals surface area (Å²) in [5, 5.41) is 10.8. The third-order valence-electron chi connectivity index (χ3n) is 3.02. The Kier molecular flexibility index (Phi) is 4.72. The molecule has 0 N–H and O–H groups in total. The fraction of sp³-hybridized carbons (Fsp3) is 1.00. The van der Waals surface area contributed by atoms with E-state index in [4.69, 9.17) is 0 Å². The van der Waals surface area contributed by atoms with Crippen LogP contribution in [0.2, 0.25) is 0 Å². The van der Waals surface area contributed by atoms with E-state index in [1.807, 2.05) is 0 Å². The number of likely N-dealkylation sites (tertiary alicyclic amines) is 1. The molecule has 64 valence electrons. The molecular formula is C9H16KNO. The molecule has 1 saturated heterocycles. The van der Waals surface area contributed by atoms with E-state index in [1.165, 1.54) is 38.8 Å². The van der Waals surface area contributed by atoms with Gasteiger partial charge >= 0.3 is 51.4 Å². The summed E-state index contributed by atoms with van der Waals surface area (Å²) < 4.78 is 0. The second-order valence-corrected chi connectivity index (χ2v) is 4.13. The van der Waals surface area contributed by atoms with E-state index >= 15 is 0 Å². The van der Waals surface area contributed by atoms with Crippen molar-refractivity contribution in [3.8, 4) is 0 Å². The quantitative estimate of drug-likeness (QED) is 0.454. The first-order valence-electron chi connectivity index (χ1n) is 4.65. The fourth-order valence-electron chi connectivity index (χ4n) is 1.94. The van der Waals surface area contributed by atoms with Gasteiger partial charge in [0.2, 0.25) is 0 Å². The molecule has 0 bridgehead atoms. The van der Waals surface area contributed by atoms with Gasteiger partial charge in [-0.1, -0.05) is 0 Å². The molecule has 1 saturated carbocycles. The Hall–Kier alpha value is 1.56. The summed E-state index contributed by atoms with van der Waals surface area (Å²) in [5.74, 6) is 0. The Morgan fingerprint density at radius 3 is 2.17 bits per heavy atom. The van der Waals surface area contributed by atoms with E-state index in [0.29, 0.717) is 0 Å². The Bertz CT molecular complexity index is 141. The second-order valence-electron chi connectivity index (χ2n) is 4.13. The molecule has 0 unspecified atom stereocenters. The van der Waals surface area contributed by atoms with Crippen LogP contribution in [0.25, 0.3) is 0 Å². The molecule has 1 heterocycles. The predicted octanol–water partition coefficient (Wildman–Crippen LogP) is -2.77. The minimum Gasteiger partial charge on any atom is -0.854 e. The summed E-state index contributed by atoms with van der Waals surface area (Å²) in [4.78, 5) is 2.46. The van der Waals surface area contributed by atoms with Crippen molar-refractivity contribution in [2.45, 2.75) is 25.7 Å². The van der Waals surface area contributed by atoms with Gasteiger partial charge in [0.25, 0.3) is 0 Å². The van der Waals surface area contributed by atoms with Crippen LogP contribution in [-0.2, 0) is 0 Å². The van der Waals surface area contributed by atoms with Gasteiger partial charge in [-0.05, 0) is 44.2 Å². The maximum Gasteiger partial charge on any atom is 1.00 e. The third-order valence-corrected chi connectivity index (χ3v) is 3.02. The molecule has 2 nitrogen and oxygen atoms in total. The molecule has 3 heteroatoms. The Morgan fingerprint density at radius 2 is 1.75 bits per heavy atom. The van der Waals surface area contributed by atoms with E-state index in [0.717, 1.165) is 6.54 Å². The van der Waals surface area contributed by atoms with Gasteiger partial charge in [-0.25, -0.2) is 0 Å². The second kappa shape index (κ2) is 4.87. The van der Waals surface area contributed by atoms with Gasteiger partial charge in [0.15, 0.2) is 0 Å². The number of hydrogen-bond acceptors (Lipinski definition) is 2. The first kappa shape index (κ1) is 11.6. The van der Waals surface area contributed by atoms with Crippen LogP contribution in [0, 0.1) is 5.41 Å². The molecule has 2 rings (SSSR count). The van der Waals surface area contributed by atoms with Crippen LogP contribution < -0.4 is 56.5 Å². The minimum atomic E-state index is 0. The average molecular weight is 193 g/mol. The zero-order valence-corrected chi connectivity index (χ0v) is 11.1. The maximum atomic E-state index is 10.8. The molecule has 0 radical (unpaired) electrons. The fourth-order valence-corrected chi connectivity index (χ4v) is 1.94. The van der Waals surface area contributed by atoms with Crippen molar-refractivity contribution < 1.29 is 56.5 Å². The van der Waals surface area contributed by atoms with Crippen molar-refractivity contribution in [2.24, 2.45) is 5.41 Å². The average Bonchev–Trinajstić information content (AvgIpc) is 2.59. The maximum absolute atomic E-state index is 10.8. The molecule has 0 spiro atoms. The summed E-state index contributed by atoms with van der Waals surface area (Å²) in [6.07, 6.45) is 5.06. The topological polar surface area (TPSA) is 26.3 Å². The zero-order chi connectivity index (χ0) is 7.73. The van der Waals surface area contributed by atoms with Crippen molar-refractivity contribution >= 4 is 0 Å². The first-order chi connectivity index (χ1) is 5.35. The smallest absolute Gasteiger partial charge is 0.854 e. The van der Waals surface area contributed by atoms with Gasteiger partial charge in [-0.15, -0.1) is 6.61 Å². The van der Waals surface area contributed by atoms with Crippen molar-refractivity contribution in [2.75, 3.05) is 26.2 Å². The van der Waals surface area contributed by atoms with E-state index < -0.39 is 0 Å². The number of rotatable bonds is 3. The van der Waals surface area contributed by atoms with E-state index in [1.54, 1.807) is 0 Å². The van der Waals surface area contributed by atoms with Gasteiger partial charge in [-0.2, -0.15) is 0 Å². The monoisotopic (exact) mass is 193 g/mol. The molecular weight excluding hydrogens is 177 g/mol. The summed E-state index contributed by atoms with van der Waals surface area (Å²) in [6.45, 7) is 3.73. The molecule has 0 aromatic rings. The van der Waals surface area contributed by atoms with Crippen molar-refractivity contribution in [1.29, 1.82) is 0 Å². The van der Waals surface area contributed by atoms with Crippen molar-refractivity contribution in [3.05, 3.63) is 0 Å². The molecule has 1 aliphatic carbocycles. The molecule has 2 aliphatic rings. The predicted molar refractivity (Wildman–Crippen MR) is 42.2 cm³/mol.